The lowest BCUT2D eigenvalue weighted by molar-refractivity contribution is 0.211. The van der Waals surface area contributed by atoms with Gasteiger partial charge in [0.05, 0.1) is 12.2 Å². The fourth-order valence-corrected chi connectivity index (χ4v) is 2.42. The zero-order valence-electron chi connectivity index (χ0n) is 12.5. The molecule has 1 N–H and O–H groups in total. The van der Waals surface area contributed by atoms with Crippen LogP contribution in [0.4, 0.5) is 14.9 Å². The van der Waals surface area contributed by atoms with E-state index >= 15 is 0 Å². The van der Waals surface area contributed by atoms with Crippen molar-refractivity contribution in [2.75, 3.05) is 18.1 Å². The fraction of sp³-hybridized carbons (Fsp3) is 0.250. The van der Waals surface area contributed by atoms with Crippen molar-refractivity contribution in [2.24, 2.45) is 0 Å². The van der Waals surface area contributed by atoms with Crippen molar-refractivity contribution < 1.29 is 9.18 Å². The van der Waals surface area contributed by atoms with Gasteiger partial charge in [-0.15, -0.1) is 11.8 Å². The monoisotopic (exact) mass is 319 g/mol. The van der Waals surface area contributed by atoms with Crippen molar-refractivity contribution in [1.29, 1.82) is 0 Å². The zero-order chi connectivity index (χ0) is 15.9. The van der Waals surface area contributed by atoms with E-state index in [1.807, 2.05) is 31.4 Å². The molecule has 0 saturated heterocycles. The van der Waals surface area contributed by atoms with E-state index in [9.17, 15) is 9.18 Å². The summed E-state index contributed by atoms with van der Waals surface area (Å²) in [4.78, 5) is 18.6. The first kappa shape index (κ1) is 16.3. The van der Waals surface area contributed by atoms with Crippen molar-refractivity contribution in [3.05, 3.63) is 54.1 Å². The Morgan fingerprint density at radius 3 is 2.77 bits per heavy atom. The Kier molecular flexibility index (Phi) is 5.77. The van der Waals surface area contributed by atoms with Crippen molar-refractivity contribution in [1.82, 2.24) is 9.88 Å². The minimum atomic E-state index is -0.335. The third kappa shape index (κ3) is 4.21. The van der Waals surface area contributed by atoms with Gasteiger partial charge in [-0.25, -0.2) is 9.18 Å². The molecular weight excluding hydrogens is 301 g/mol. The second kappa shape index (κ2) is 7.79. The van der Waals surface area contributed by atoms with Crippen LogP contribution in [0, 0.1) is 5.82 Å². The molecule has 0 aliphatic heterocycles. The van der Waals surface area contributed by atoms with Crippen LogP contribution in [0.15, 0.2) is 47.5 Å². The first-order chi connectivity index (χ1) is 10.6. The maximum Gasteiger partial charge on any atom is 0.322 e. The first-order valence-electron chi connectivity index (χ1n) is 6.93. The zero-order valence-corrected chi connectivity index (χ0v) is 13.4. The molecule has 0 unspecified atom stereocenters. The molecule has 4 nitrogen and oxygen atoms in total. The highest BCUT2D eigenvalue weighted by Gasteiger charge is 2.13. The van der Waals surface area contributed by atoms with Crippen molar-refractivity contribution >= 4 is 23.5 Å². The van der Waals surface area contributed by atoms with Gasteiger partial charge < -0.3 is 10.2 Å². The molecule has 22 heavy (non-hydrogen) atoms. The molecule has 0 aliphatic rings. The molecule has 2 amide bonds. The average Bonchev–Trinajstić information content (AvgIpc) is 2.53. The number of halogens is 1. The Bertz CT molecular complexity index is 637. The summed E-state index contributed by atoms with van der Waals surface area (Å²) in [5.74, 6) is -0.335. The number of rotatable bonds is 5. The Morgan fingerprint density at radius 2 is 2.18 bits per heavy atom. The quantitative estimate of drug-likeness (QED) is 0.847. The maximum absolute atomic E-state index is 13.7. The van der Waals surface area contributed by atoms with E-state index in [1.54, 1.807) is 23.2 Å². The normalized spacial score (nSPS) is 10.3. The predicted molar refractivity (Wildman–Crippen MR) is 87.5 cm³/mol. The number of hydrogen-bond acceptors (Lipinski definition) is 3. The Morgan fingerprint density at radius 1 is 1.36 bits per heavy atom. The summed E-state index contributed by atoms with van der Waals surface area (Å²) in [5.41, 5.74) is 1.25. The van der Waals surface area contributed by atoms with Gasteiger partial charge in [-0.05, 0) is 43.5 Å². The lowest BCUT2D eigenvalue weighted by Gasteiger charge is -2.21. The maximum atomic E-state index is 13.7. The number of nitrogens with one attached hydrogen (secondary N) is 1. The van der Waals surface area contributed by atoms with Crippen LogP contribution in [-0.4, -0.2) is 28.7 Å². The minimum Gasteiger partial charge on any atom is -0.319 e. The number of benzene rings is 1. The van der Waals surface area contributed by atoms with E-state index in [2.05, 4.69) is 10.3 Å². The fourth-order valence-electron chi connectivity index (χ4n) is 1.96. The number of aromatic nitrogens is 1. The van der Waals surface area contributed by atoms with Crippen molar-refractivity contribution in [2.45, 2.75) is 18.4 Å². The SMILES string of the molecule is CCN(Cc1ccccn1)C(=O)Nc1ccc(SC)c(F)c1. The first-order valence-corrected chi connectivity index (χ1v) is 8.16. The van der Waals surface area contributed by atoms with Crippen LogP contribution in [-0.2, 0) is 6.54 Å². The lowest BCUT2D eigenvalue weighted by atomic mass is 10.3. The van der Waals surface area contributed by atoms with Crippen LogP contribution >= 0.6 is 11.8 Å². The standard InChI is InChI=1S/C16H18FN3OS/c1-3-20(11-13-6-4-5-9-18-13)16(21)19-12-7-8-15(22-2)14(17)10-12/h4-10H,3,11H2,1-2H3,(H,19,21). The summed E-state index contributed by atoms with van der Waals surface area (Å²) in [7, 11) is 0. The smallest absolute Gasteiger partial charge is 0.319 e. The Balaban J connectivity index is 2.04. The van der Waals surface area contributed by atoms with E-state index in [1.165, 1.54) is 17.8 Å². The molecule has 0 bridgehead atoms. The largest absolute Gasteiger partial charge is 0.322 e. The van der Waals surface area contributed by atoms with Crippen LogP contribution < -0.4 is 5.32 Å². The summed E-state index contributed by atoms with van der Waals surface area (Å²) in [6.45, 7) is 2.84. The molecule has 1 heterocycles. The van der Waals surface area contributed by atoms with E-state index in [-0.39, 0.29) is 11.8 Å². The number of pyridine rings is 1. The van der Waals surface area contributed by atoms with Gasteiger partial charge in [0.15, 0.2) is 0 Å². The summed E-state index contributed by atoms with van der Waals surface area (Å²) < 4.78 is 13.7. The summed E-state index contributed by atoms with van der Waals surface area (Å²) >= 11 is 1.33. The van der Waals surface area contributed by atoms with Gasteiger partial charge in [-0.2, -0.15) is 0 Å². The molecule has 0 fully saturated rings. The third-order valence-corrected chi connectivity index (χ3v) is 3.92. The molecular formula is C16H18FN3OS. The number of carbonyl (C=O) groups is 1. The van der Waals surface area contributed by atoms with Crippen LogP contribution in [0.3, 0.4) is 0 Å². The number of anilines is 1. The van der Waals surface area contributed by atoms with Crippen molar-refractivity contribution in [3.8, 4) is 0 Å². The average molecular weight is 319 g/mol. The third-order valence-electron chi connectivity index (χ3n) is 3.15. The van der Waals surface area contributed by atoms with Crippen molar-refractivity contribution in [3.63, 3.8) is 0 Å². The number of amides is 2. The molecule has 1 aromatic carbocycles. The van der Waals surface area contributed by atoms with Crippen LogP contribution in [0.5, 0.6) is 0 Å². The van der Waals surface area contributed by atoms with Gasteiger partial charge in [0.25, 0.3) is 0 Å². The molecule has 1 aromatic heterocycles. The molecule has 0 aliphatic carbocycles. The Labute approximate surface area is 133 Å². The summed E-state index contributed by atoms with van der Waals surface area (Å²) in [6, 6.07) is 9.98. The number of carbonyl (C=O) groups excluding carboxylic acids is 1. The topological polar surface area (TPSA) is 45.2 Å². The lowest BCUT2D eigenvalue weighted by Crippen LogP contribution is -2.34. The second-order valence-corrected chi connectivity index (χ2v) is 5.46. The molecule has 0 saturated carbocycles. The number of nitrogens with zero attached hydrogens (tertiary/aromatic N) is 2. The van der Waals surface area contributed by atoms with Crippen LogP contribution in [0.1, 0.15) is 12.6 Å². The number of hydrogen-bond donors (Lipinski definition) is 1. The van der Waals surface area contributed by atoms with E-state index < -0.39 is 0 Å². The molecule has 0 spiro atoms. The van der Waals surface area contributed by atoms with Gasteiger partial charge in [0.2, 0.25) is 0 Å². The summed E-state index contributed by atoms with van der Waals surface area (Å²) in [5, 5.41) is 2.72. The highest BCUT2D eigenvalue weighted by Crippen LogP contribution is 2.22. The van der Waals surface area contributed by atoms with E-state index in [0.29, 0.717) is 23.7 Å². The van der Waals surface area contributed by atoms with Crippen LogP contribution in [0.2, 0.25) is 0 Å². The molecule has 2 rings (SSSR count). The van der Waals surface area contributed by atoms with Gasteiger partial charge in [0.1, 0.15) is 5.82 Å². The van der Waals surface area contributed by atoms with E-state index in [4.69, 9.17) is 0 Å². The minimum absolute atomic E-state index is 0.274. The van der Waals surface area contributed by atoms with Crippen LogP contribution in [0.25, 0.3) is 0 Å². The molecule has 0 radical (unpaired) electrons. The number of thioether (sulfide) groups is 1. The van der Waals surface area contributed by atoms with Gasteiger partial charge in [-0.3, -0.25) is 4.98 Å². The second-order valence-electron chi connectivity index (χ2n) is 4.61. The van der Waals surface area contributed by atoms with Gasteiger partial charge >= 0.3 is 6.03 Å². The molecule has 2 aromatic rings. The highest BCUT2D eigenvalue weighted by atomic mass is 32.2. The number of urea groups is 1. The summed E-state index contributed by atoms with van der Waals surface area (Å²) in [6.07, 6.45) is 3.50. The molecule has 116 valence electrons. The van der Waals surface area contributed by atoms with E-state index in [0.717, 1.165) is 5.69 Å². The molecule has 6 heteroatoms. The highest BCUT2D eigenvalue weighted by molar-refractivity contribution is 7.98. The predicted octanol–water partition coefficient (Wildman–Crippen LogP) is 4.00. The van der Waals surface area contributed by atoms with Gasteiger partial charge in [-0.1, -0.05) is 6.07 Å². The Hall–Kier alpha value is -2.08. The molecule has 0 atom stereocenters. The van der Waals surface area contributed by atoms with Gasteiger partial charge in [0, 0.05) is 23.3 Å².